The molecule has 1 atom stereocenters. The zero-order valence-corrected chi connectivity index (χ0v) is 56.5. The Morgan fingerprint density at radius 2 is 0.458 bits per heavy atom. The van der Waals surface area contributed by atoms with Crippen molar-refractivity contribution in [1.82, 2.24) is 0 Å². The number of aliphatic hydroxyl groups excluding tert-OH is 8. The number of hydrogen-bond acceptors (Lipinski definition) is 26. The van der Waals surface area contributed by atoms with E-state index in [1.807, 2.05) is 0 Å². The van der Waals surface area contributed by atoms with Crippen LogP contribution in [0.5, 0.6) is 0 Å². The Hall–Kier alpha value is -9.80. The highest BCUT2D eigenvalue weighted by atomic mass is 16.6. The Balaban J connectivity index is -0.000000116. The second kappa shape index (κ2) is 62.6. The lowest BCUT2D eigenvalue weighted by Gasteiger charge is -2.31. The van der Waals surface area contributed by atoms with Gasteiger partial charge in [-0.05, 0) is 76.2 Å². The van der Waals surface area contributed by atoms with Crippen LogP contribution in [0.1, 0.15) is 76.2 Å². The lowest BCUT2D eigenvalue weighted by molar-refractivity contribution is -0.166. The van der Waals surface area contributed by atoms with Gasteiger partial charge in [0.15, 0.2) is 0 Å². The van der Waals surface area contributed by atoms with E-state index in [-0.39, 0.29) is 88.8 Å². The minimum atomic E-state index is -1.37. The largest absolute Gasteiger partial charge is 0.478 e. The summed E-state index contributed by atoms with van der Waals surface area (Å²) < 4.78 is 30.0. The van der Waals surface area contributed by atoms with Gasteiger partial charge in [0.2, 0.25) is 0 Å². The molecule has 0 aromatic rings. The van der Waals surface area contributed by atoms with Gasteiger partial charge in [-0.25, -0.2) is 57.5 Å². The Morgan fingerprint density at radius 3 is 0.562 bits per heavy atom. The summed E-state index contributed by atoms with van der Waals surface area (Å²) in [4.78, 5) is 126. The molecule has 0 aromatic carbocycles. The van der Waals surface area contributed by atoms with E-state index < -0.39 is 147 Å². The quantitative estimate of drug-likeness (QED) is 0.0269. The molecule has 0 heterocycles. The average molecular weight is 1380 g/mol. The van der Waals surface area contributed by atoms with Gasteiger partial charge >= 0.3 is 71.6 Å². The summed E-state index contributed by atoms with van der Waals surface area (Å²) >= 11 is 0. The SMILES string of the molecule is C=C(C)C(=O)O.C=C(C)C(=O)O.C=C(C)C(=O)O.C=C(C)C(=O)O.C=C(C)C(=O)O.C=C(C)C(=O)O.C=C(C)C(=O)OCC(COC(=O)C(=C)C)(COC(=O)C(=C)C)COC(=O)C(=C)C.C=CC(=O)OCC(C)OC(=O)C=C.OCC(CO)(CO)CO.OCC(CO)(CO)CO. The highest BCUT2D eigenvalue weighted by molar-refractivity contribution is 5.90. The van der Waals surface area contributed by atoms with Crippen LogP contribution in [0, 0.1) is 16.2 Å². The second-order valence-electron chi connectivity index (χ2n) is 20.0. The van der Waals surface area contributed by atoms with E-state index in [1.54, 1.807) is 6.92 Å². The lowest BCUT2D eigenvalue weighted by Crippen LogP contribution is -2.44. The molecule has 0 rings (SSSR count). The first-order valence-corrected chi connectivity index (χ1v) is 26.9. The van der Waals surface area contributed by atoms with Crippen LogP contribution in [0.3, 0.4) is 0 Å². The number of ether oxygens (including phenoxy) is 6. The third-order valence-electron chi connectivity index (χ3n) is 9.42. The summed E-state index contributed by atoms with van der Waals surface area (Å²) in [6.45, 7) is 50.6. The van der Waals surface area contributed by atoms with E-state index in [1.165, 1.54) is 69.2 Å². The van der Waals surface area contributed by atoms with Crippen LogP contribution in [0.2, 0.25) is 0 Å². The summed E-state index contributed by atoms with van der Waals surface area (Å²) in [5, 5.41) is 115. The van der Waals surface area contributed by atoms with Gasteiger partial charge in [0.1, 0.15) is 44.6 Å². The minimum Gasteiger partial charge on any atom is -0.478 e. The van der Waals surface area contributed by atoms with E-state index >= 15 is 0 Å². The molecule has 0 radical (unpaired) electrons. The van der Waals surface area contributed by atoms with Crippen LogP contribution in [0.25, 0.3) is 0 Å². The molecule has 0 spiro atoms. The number of carboxylic acids is 6. The highest BCUT2D eigenvalue weighted by Gasteiger charge is 2.38. The molecule has 96 heavy (non-hydrogen) atoms. The Bertz CT molecular complexity index is 2200. The standard InChI is InChI=1S/C21H28O8.C9H12O4.2C5H12O4.6C4H6O2/c1-13(2)17(22)26-9-21(10-27-18(23)14(3)4,11-28-19(24)15(5)6)12-29-20(25)16(7)8;1-4-8(10)12-6-7(3)13-9(11)5-2;2*6-1-5(2-7,3-8)4-9;6*1-3(2)4(5)6/h1,3,5,7,9-12H2,2,4,6,8H3;4-5,7H,1-2,6H2,3H3;2*6-9H,1-4H2;6*1H2,2H3,(H,5,6). The van der Waals surface area contributed by atoms with Gasteiger partial charge in [-0.15, -0.1) is 0 Å². The van der Waals surface area contributed by atoms with Gasteiger partial charge in [-0.1, -0.05) is 78.9 Å². The van der Waals surface area contributed by atoms with E-state index in [4.69, 9.17) is 95.2 Å². The van der Waals surface area contributed by atoms with Crippen molar-refractivity contribution in [2.75, 3.05) is 85.9 Å². The molecular formula is C64H100O32. The molecule has 0 amide bonds. The average Bonchev–Trinajstić information content (AvgIpc) is 0.951. The van der Waals surface area contributed by atoms with Gasteiger partial charge in [0.25, 0.3) is 0 Å². The molecular weight excluding hydrogens is 1280 g/mol. The van der Waals surface area contributed by atoms with Gasteiger partial charge in [-0.2, -0.15) is 0 Å². The zero-order valence-electron chi connectivity index (χ0n) is 56.5. The first kappa shape index (κ1) is 108. The highest BCUT2D eigenvalue weighted by Crippen LogP contribution is 2.23. The van der Waals surface area contributed by atoms with Gasteiger partial charge in [0.05, 0.1) is 63.7 Å². The van der Waals surface area contributed by atoms with Crippen LogP contribution in [0.15, 0.2) is 147 Å². The monoisotopic (exact) mass is 1380 g/mol. The molecule has 1 unspecified atom stereocenters. The first-order valence-electron chi connectivity index (χ1n) is 26.9. The third-order valence-corrected chi connectivity index (χ3v) is 9.42. The molecule has 32 nitrogen and oxygen atoms in total. The smallest absolute Gasteiger partial charge is 0.333 e. The number of aliphatic carboxylic acids is 6. The van der Waals surface area contributed by atoms with Crippen LogP contribution in [0.4, 0.5) is 0 Å². The summed E-state index contributed by atoms with van der Waals surface area (Å²) in [6, 6.07) is 0. The predicted molar refractivity (Wildman–Crippen MR) is 349 cm³/mol. The zero-order chi connectivity index (χ0) is 78.6. The normalized spacial score (nSPS) is 9.70. The van der Waals surface area contributed by atoms with Crippen molar-refractivity contribution in [3.05, 3.63) is 147 Å². The Morgan fingerprint density at radius 1 is 0.302 bits per heavy atom. The fourth-order valence-electron chi connectivity index (χ4n) is 2.76. The van der Waals surface area contributed by atoms with Crippen molar-refractivity contribution >= 4 is 71.6 Å². The van der Waals surface area contributed by atoms with E-state index in [0.717, 1.165) is 12.2 Å². The van der Waals surface area contributed by atoms with Crippen LogP contribution >= 0.6 is 0 Å². The van der Waals surface area contributed by atoms with Crippen molar-refractivity contribution < 1.29 is 157 Å². The van der Waals surface area contributed by atoms with Crippen molar-refractivity contribution in [2.45, 2.75) is 82.3 Å². The van der Waals surface area contributed by atoms with E-state index in [0.29, 0.717) is 0 Å². The topological polar surface area (TPSA) is 543 Å². The molecule has 548 valence electrons. The number of aliphatic hydroxyl groups is 8. The molecule has 0 saturated carbocycles. The van der Waals surface area contributed by atoms with E-state index in [9.17, 15) is 57.5 Å². The van der Waals surface area contributed by atoms with Crippen LogP contribution < -0.4 is 0 Å². The maximum atomic E-state index is 11.8. The number of esters is 6. The minimum absolute atomic E-state index is 0.0183. The fraction of sp³-hybridized carbons (Fsp3) is 0.438. The molecule has 0 aliphatic rings. The first-order chi connectivity index (χ1) is 43.7. The molecule has 0 aliphatic carbocycles. The molecule has 0 bridgehead atoms. The maximum Gasteiger partial charge on any atom is 0.333 e. The molecule has 0 fully saturated rings. The summed E-state index contributed by atoms with van der Waals surface area (Å²) in [5.41, 5.74) is -2.00. The summed E-state index contributed by atoms with van der Waals surface area (Å²) in [6.07, 6.45) is 1.61. The molecule has 0 aromatic heterocycles. The Labute approximate surface area is 558 Å². The van der Waals surface area contributed by atoms with Crippen molar-refractivity contribution in [1.29, 1.82) is 0 Å². The molecule has 32 heteroatoms. The fourth-order valence-corrected chi connectivity index (χ4v) is 2.76. The molecule has 14 N–H and O–H groups in total. The third kappa shape index (κ3) is 70.1. The molecule has 0 aliphatic heterocycles. The van der Waals surface area contributed by atoms with Crippen molar-refractivity contribution in [3.63, 3.8) is 0 Å². The number of carboxylic acid groups (broad SMARTS) is 6. The number of hydrogen-bond donors (Lipinski definition) is 14. The maximum absolute atomic E-state index is 11.8. The van der Waals surface area contributed by atoms with Gasteiger partial charge in [-0.3, -0.25) is 0 Å². The van der Waals surface area contributed by atoms with Crippen LogP contribution in [-0.2, 0) is 86.0 Å². The Kier molecular flexibility index (Phi) is 70.3. The van der Waals surface area contributed by atoms with E-state index in [2.05, 4.69) is 83.7 Å². The van der Waals surface area contributed by atoms with Gasteiger partial charge in [0, 0.05) is 67.9 Å². The lowest BCUT2D eigenvalue weighted by atomic mass is 9.92. The number of carbonyl (C=O) groups excluding carboxylic acids is 6. The second-order valence-corrected chi connectivity index (χ2v) is 20.0. The number of rotatable bonds is 31. The summed E-state index contributed by atoms with van der Waals surface area (Å²) in [7, 11) is 0. The number of carbonyl (C=O) groups is 12. The van der Waals surface area contributed by atoms with Crippen LogP contribution in [-0.4, -0.2) is 235 Å². The van der Waals surface area contributed by atoms with Gasteiger partial charge < -0.3 is 99.9 Å². The van der Waals surface area contributed by atoms with Crippen molar-refractivity contribution in [2.24, 2.45) is 16.2 Å². The van der Waals surface area contributed by atoms with Crippen molar-refractivity contribution in [3.8, 4) is 0 Å². The summed E-state index contributed by atoms with van der Waals surface area (Å²) in [5.74, 6) is -9.53. The molecule has 0 saturated heterocycles. The predicted octanol–water partition coefficient (Wildman–Crippen LogP) is 3.05.